The van der Waals surface area contributed by atoms with Crippen LogP contribution in [0, 0.1) is 5.82 Å². The van der Waals surface area contributed by atoms with Crippen LogP contribution in [0.15, 0.2) is 54.6 Å². The molecule has 0 bridgehead atoms. The average molecular weight is 367 g/mol. The van der Waals surface area contributed by atoms with E-state index in [4.69, 9.17) is 0 Å². The van der Waals surface area contributed by atoms with E-state index in [1.807, 2.05) is 36.4 Å². The van der Waals surface area contributed by atoms with Crippen LogP contribution >= 0.6 is 0 Å². The fraction of sp³-hybridized carbons (Fsp3) is 0.333. The summed E-state index contributed by atoms with van der Waals surface area (Å²) >= 11 is 0. The molecule has 4 rings (SSSR count). The number of halogens is 1. The first kappa shape index (κ1) is 17.5. The molecule has 0 aromatic heterocycles. The van der Waals surface area contributed by atoms with E-state index in [0.717, 1.165) is 11.1 Å². The number of fused-ring (bicyclic) bond motifs is 1. The molecule has 2 fully saturated rings. The summed E-state index contributed by atoms with van der Waals surface area (Å²) in [7, 11) is 1.79. The van der Waals surface area contributed by atoms with Crippen molar-refractivity contribution in [3.63, 3.8) is 0 Å². The number of piperazine rings is 1. The number of rotatable bonds is 4. The van der Waals surface area contributed by atoms with Gasteiger partial charge in [0, 0.05) is 33.1 Å². The van der Waals surface area contributed by atoms with E-state index in [-0.39, 0.29) is 23.8 Å². The zero-order valence-corrected chi connectivity index (χ0v) is 15.2. The summed E-state index contributed by atoms with van der Waals surface area (Å²) < 4.78 is 13.5. The Hall–Kier alpha value is -2.89. The van der Waals surface area contributed by atoms with Gasteiger partial charge in [0.2, 0.25) is 5.91 Å². The quantitative estimate of drug-likeness (QED) is 0.834. The Balaban J connectivity index is 1.57. The topological polar surface area (TPSA) is 43.9 Å². The number of hydrogen-bond acceptors (Lipinski definition) is 2. The predicted molar refractivity (Wildman–Crippen MR) is 99.4 cm³/mol. The lowest BCUT2D eigenvalue weighted by molar-refractivity contribution is -0.139. The van der Waals surface area contributed by atoms with Crippen LogP contribution in [-0.4, -0.2) is 58.9 Å². The molecule has 140 valence electrons. The molecule has 2 heterocycles. The van der Waals surface area contributed by atoms with Gasteiger partial charge in [0.1, 0.15) is 11.9 Å². The lowest BCUT2D eigenvalue weighted by atomic mass is 9.99. The minimum Gasteiger partial charge on any atom is -0.342 e. The first-order chi connectivity index (χ1) is 13.0. The maximum Gasteiger partial charge on any atom is 0.321 e. The summed E-state index contributed by atoms with van der Waals surface area (Å²) in [5, 5.41) is 0. The number of urea groups is 1. The van der Waals surface area contributed by atoms with Crippen LogP contribution in [0.3, 0.4) is 0 Å². The normalized spacial score (nSPS) is 22.4. The van der Waals surface area contributed by atoms with Gasteiger partial charge in [-0.15, -0.1) is 0 Å². The molecule has 5 nitrogen and oxygen atoms in total. The minimum atomic E-state index is -0.499. The summed E-state index contributed by atoms with van der Waals surface area (Å²) in [6.45, 7) is 1.41. The second kappa shape index (κ2) is 7.02. The molecule has 27 heavy (non-hydrogen) atoms. The Labute approximate surface area is 158 Å². The van der Waals surface area contributed by atoms with Crippen LogP contribution < -0.4 is 0 Å². The van der Waals surface area contributed by atoms with Gasteiger partial charge in [-0.1, -0.05) is 42.5 Å². The number of benzene rings is 2. The number of carbonyl (C=O) groups excluding carboxylic acids is 2. The van der Waals surface area contributed by atoms with Crippen molar-refractivity contribution in [1.82, 2.24) is 14.7 Å². The van der Waals surface area contributed by atoms with Gasteiger partial charge in [0.25, 0.3) is 0 Å². The third-order valence-electron chi connectivity index (χ3n) is 5.33. The molecule has 2 saturated heterocycles. The van der Waals surface area contributed by atoms with Crippen molar-refractivity contribution in [2.24, 2.45) is 0 Å². The largest absolute Gasteiger partial charge is 0.342 e. The lowest BCUT2D eigenvalue weighted by Gasteiger charge is -2.40. The summed E-state index contributed by atoms with van der Waals surface area (Å²) in [5.41, 5.74) is 1.78. The fourth-order valence-electron chi connectivity index (χ4n) is 4.06. The first-order valence-corrected chi connectivity index (χ1v) is 9.13. The van der Waals surface area contributed by atoms with Gasteiger partial charge in [-0.25, -0.2) is 9.18 Å². The third kappa shape index (κ3) is 3.39. The zero-order valence-electron chi connectivity index (χ0n) is 15.2. The number of amides is 3. The minimum absolute atomic E-state index is 0.0314. The van der Waals surface area contributed by atoms with Crippen LogP contribution in [0.1, 0.15) is 11.1 Å². The molecule has 6 heteroatoms. The number of carbonyl (C=O) groups is 2. The highest BCUT2D eigenvalue weighted by atomic mass is 19.1. The third-order valence-corrected chi connectivity index (χ3v) is 5.33. The molecule has 0 aliphatic carbocycles. The van der Waals surface area contributed by atoms with Gasteiger partial charge in [0.15, 0.2) is 0 Å². The van der Waals surface area contributed by atoms with Crippen molar-refractivity contribution in [3.05, 3.63) is 71.5 Å². The van der Waals surface area contributed by atoms with Crippen molar-refractivity contribution in [3.8, 4) is 0 Å². The molecular weight excluding hydrogens is 345 g/mol. The number of hydrogen-bond donors (Lipinski definition) is 0. The Bertz CT molecular complexity index is 858. The van der Waals surface area contributed by atoms with Gasteiger partial charge in [-0.2, -0.15) is 0 Å². The highest BCUT2D eigenvalue weighted by Crippen LogP contribution is 2.28. The summed E-state index contributed by atoms with van der Waals surface area (Å²) in [6, 6.07) is 15.4. The lowest BCUT2D eigenvalue weighted by Crippen LogP contribution is -2.60. The van der Waals surface area contributed by atoms with Crippen molar-refractivity contribution in [1.29, 1.82) is 0 Å². The van der Waals surface area contributed by atoms with Gasteiger partial charge >= 0.3 is 6.03 Å². The zero-order chi connectivity index (χ0) is 19.0. The highest BCUT2D eigenvalue weighted by molar-refractivity contribution is 5.90. The van der Waals surface area contributed by atoms with Crippen LogP contribution in [0.4, 0.5) is 9.18 Å². The van der Waals surface area contributed by atoms with E-state index in [1.165, 1.54) is 12.1 Å². The molecular formula is C21H22FN3O2. The summed E-state index contributed by atoms with van der Waals surface area (Å²) in [6.07, 6.45) is 0.500. The van der Waals surface area contributed by atoms with Crippen LogP contribution in [-0.2, 0) is 17.8 Å². The standard InChI is InChI=1S/C21H22FN3O2/c1-23-13-18-14-24(12-16-8-5-9-17(22)10-16)21(27)25(18)19(20(23)26)11-15-6-3-2-4-7-15/h2-10,18-19H,11-14H2,1H3/t18-,19-/m0/s1. The van der Waals surface area contributed by atoms with E-state index in [9.17, 15) is 14.0 Å². The number of likely N-dealkylation sites (N-methyl/N-ethyl adjacent to an activating group) is 1. The van der Waals surface area contributed by atoms with Crippen molar-refractivity contribution < 1.29 is 14.0 Å². The Morgan fingerprint density at radius 1 is 1.00 bits per heavy atom. The fourth-order valence-corrected chi connectivity index (χ4v) is 4.06. The van der Waals surface area contributed by atoms with E-state index < -0.39 is 6.04 Å². The van der Waals surface area contributed by atoms with Crippen molar-refractivity contribution in [2.45, 2.75) is 25.0 Å². The van der Waals surface area contributed by atoms with Crippen LogP contribution in [0.25, 0.3) is 0 Å². The molecule has 2 aromatic carbocycles. The maximum absolute atomic E-state index is 13.5. The van der Waals surface area contributed by atoms with Crippen molar-refractivity contribution in [2.75, 3.05) is 20.1 Å². The monoisotopic (exact) mass is 367 g/mol. The predicted octanol–water partition coefficient (Wildman–Crippen LogP) is 2.52. The molecule has 0 saturated carbocycles. The second-order valence-electron chi connectivity index (χ2n) is 7.28. The molecule has 2 aromatic rings. The van der Waals surface area contributed by atoms with Crippen LogP contribution in [0.5, 0.6) is 0 Å². The molecule has 2 atom stereocenters. The maximum atomic E-state index is 13.5. The smallest absolute Gasteiger partial charge is 0.321 e. The highest BCUT2D eigenvalue weighted by Gasteiger charge is 2.48. The molecule has 0 N–H and O–H groups in total. The number of nitrogens with zero attached hydrogens (tertiary/aromatic N) is 3. The van der Waals surface area contributed by atoms with Crippen LogP contribution in [0.2, 0.25) is 0 Å². The SMILES string of the molecule is CN1C[C@H]2CN(Cc3cccc(F)c3)C(=O)N2[C@@H](Cc2ccccc2)C1=O. The molecule has 0 spiro atoms. The van der Waals surface area contributed by atoms with Gasteiger partial charge < -0.3 is 14.7 Å². The Morgan fingerprint density at radius 3 is 2.48 bits per heavy atom. The average Bonchev–Trinajstić information content (AvgIpc) is 2.95. The van der Waals surface area contributed by atoms with Gasteiger partial charge in [0.05, 0.1) is 6.04 Å². The summed E-state index contributed by atoms with van der Waals surface area (Å²) in [5.74, 6) is -0.343. The Morgan fingerprint density at radius 2 is 1.74 bits per heavy atom. The Kier molecular flexibility index (Phi) is 4.56. The van der Waals surface area contributed by atoms with Crippen molar-refractivity contribution >= 4 is 11.9 Å². The molecule has 3 amide bonds. The van der Waals surface area contributed by atoms with E-state index in [0.29, 0.717) is 26.1 Å². The van der Waals surface area contributed by atoms with E-state index in [2.05, 4.69) is 0 Å². The molecule has 2 aliphatic rings. The molecule has 0 radical (unpaired) electrons. The van der Waals surface area contributed by atoms with E-state index >= 15 is 0 Å². The van der Waals surface area contributed by atoms with E-state index in [1.54, 1.807) is 27.8 Å². The molecule has 0 unspecified atom stereocenters. The summed E-state index contributed by atoms with van der Waals surface area (Å²) in [4.78, 5) is 31.0. The molecule has 2 aliphatic heterocycles. The van der Waals surface area contributed by atoms with Gasteiger partial charge in [-0.3, -0.25) is 4.79 Å². The first-order valence-electron chi connectivity index (χ1n) is 9.13. The van der Waals surface area contributed by atoms with Gasteiger partial charge in [-0.05, 0) is 23.3 Å². The second-order valence-corrected chi connectivity index (χ2v) is 7.28.